The molecule has 4 heteroatoms. The maximum atomic E-state index is 12.9. The minimum atomic E-state index is -0.735. The zero-order chi connectivity index (χ0) is 18.0. The average molecular weight is 330 g/mol. The van der Waals surface area contributed by atoms with Crippen LogP contribution in [0.3, 0.4) is 0 Å². The van der Waals surface area contributed by atoms with Gasteiger partial charge in [0.05, 0.1) is 6.10 Å². The van der Waals surface area contributed by atoms with E-state index >= 15 is 0 Å². The summed E-state index contributed by atoms with van der Waals surface area (Å²) in [6, 6.07) is 0. The number of carbonyl (C=O) groups is 2. The first-order valence-corrected chi connectivity index (χ1v) is 8.63. The molecule has 0 bridgehead atoms. The Hall–Kier alpha value is -1.68. The Balaban J connectivity index is 2.25. The Morgan fingerprint density at radius 2 is 1.75 bits per heavy atom. The summed E-state index contributed by atoms with van der Waals surface area (Å²) < 4.78 is 0. The molecule has 0 aromatic heterocycles. The second kappa shape index (κ2) is 5.16. The summed E-state index contributed by atoms with van der Waals surface area (Å²) >= 11 is 0. The van der Waals surface area contributed by atoms with E-state index in [2.05, 4.69) is 0 Å². The molecule has 0 aromatic carbocycles. The van der Waals surface area contributed by atoms with Gasteiger partial charge >= 0.3 is 0 Å². The zero-order valence-corrected chi connectivity index (χ0v) is 15.0. The van der Waals surface area contributed by atoms with Crippen LogP contribution in [0.25, 0.3) is 0 Å². The van der Waals surface area contributed by atoms with Crippen molar-refractivity contribution in [2.24, 2.45) is 22.7 Å². The predicted octanol–water partition coefficient (Wildman–Crippen LogP) is 3.28. The first kappa shape index (κ1) is 17.2. The summed E-state index contributed by atoms with van der Waals surface area (Å²) in [5, 5.41) is 21.1. The summed E-state index contributed by atoms with van der Waals surface area (Å²) in [5.74, 6) is -0.969. The third-order valence-electron chi connectivity index (χ3n) is 5.93. The fraction of sp³-hybridized carbons (Fsp3) is 0.600. The summed E-state index contributed by atoms with van der Waals surface area (Å²) in [6.07, 6.45) is 3.68. The number of carbonyl (C=O) groups excluding carboxylic acids is 2. The molecule has 3 aliphatic rings. The second-order valence-corrected chi connectivity index (χ2v) is 8.71. The number of hydrogen-bond acceptors (Lipinski definition) is 4. The van der Waals surface area contributed by atoms with Gasteiger partial charge in [0.15, 0.2) is 11.5 Å². The van der Waals surface area contributed by atoms with Crippen molar-refractivity contribution < 1.29 is 19.8 Å². The number of Topliss-reactive ketones (excluding diaryl/α,β-unsaturated/α-hetero) is 1. The fourth-order valence-electron chi connectivity index (χ4n) is 5.28. The molecule has 3 atom stereocenters. The van der Waals surface area contributed by atoms with Crippen LogP contribution in [0.4, 0.5) is 0 Å². The SMILES string of the molecule is CC(C)C1=CC2=CC(=O)[C@H]3C(C)(C)C[C@H](O)C[C@]3(C)C2=C(O)C1=O. The topological polar surface area (TPSA) is 74.6 Å². The maximum Gasteiger partial charge on any atom is 0.223 e. The Kier molecular flexibility index (Phi) is 3.69. The lowest BCUT2D eigenvalue weighted by Crippen LogP contribution is -2.54. The van der Waals surface area contributed by atoms with Crippen LogP contribution in [-0.4, -0.2) is 27.9 Å². The molecule has 4 nitrogen and oxygen atoms in total. The van der Waals surface area contributed by atoms with E-state index in [0.29, 0.717) is 29.6 Å². The van der Waals surface area contributed by atoms with Crippen molar-refractivity contribution in [3.05, 3.63) is 34.6 Å². The van der Waals surface area contributed by atoms with E-state index in [1.54, 1.807) is 12.2 Å². The van der Waals surface area contributed by atoms with Crippen molar-refractivity contribution in [2.45, 2.75) is 53.6 Å². The molecule has 0 aromatic rings. The van der Waals surface area contributed by atoms with Crippen molar-refractivity contribution in [2.75, 3.05) is 0 Å². The normalized spacial score (nSPS) is 35.5. The highest BCUT2D eigenvalue weighted by atomic mass is 16.3. The van der Waals surface area contributed by atoms with E-state index in [1.165, 1.54) is 0 Å². The highest BCUT2D eigenvalue weighted by Gasteiger charge is 2.58. The minimum Gasteiger partial charge on any atom is -0.504 e. The molecule has 0 radical (unpaired) electrons. The van der Waals surface area contributed by atoms with E-state index in [4.69, 9.17) is 0 Å². The molecule has 1 saturated carbocycles. The van der Waals surface area contributed by atoms with E-state index < -0.39 is 16.9 Å². The van der Waals surface area contributed by atoms with Gasteiger partial charge in [-0.05, 0) is 41.9 Å². The molecule has 3 rings (SSSR count). The van der Waals surface area contributed by atoms with E-state index in [0.717, 1.165) is 0 Å². The first-order valence-electron chi connectivity index (χ1n) is 8.63. The van der Waals surface area contributed by atoms with Crippen molar-refractivity contribution in [1.29, 1.82) is 0 Å². The van der Waals surface area contributed by atoms with E-state index in [-0.39, 0.29) is 29.2 Å². The molecule has 130 valence electrons. The van der Waals surface area contributed by atoms with Crippen molar-refractivity contribution in [3.8, 4) is 0 Å². The first-order chi connectivity index (χ1) is 11.0. The smallest absolute Gasteiger partial charge is 0.223 e. The standard InChI is InChI=1S/C20H26O4/c1-10(2)13-6-11-7-14(22)18-19(3,4)8-12(21)9-20(18,5)15(11)17(24)16(13)23/h6-7,10,12,18,21,24H,8-9H2,1-5H3/t12-,18-,20+/m0/s1. The highest BCUT2D eigenvalue weighted by molar-refractivity contribution is 6.11. The number of ketones is 2. The number of allylic oxidation sites excluding steroid dienone is 5. The molecular weight excluding hydrogens is 304 g/mol. The third-order valence-corrected chi connectivity index (χ3v) is 5.93. The summed E-state index contributed by atoms with van der Waals surface area (Å²) in [4.78, 5) is 25.5. The highest BCUT2D eigenvalue weighted by Crippen LogP contribution is 2.59. The summed E-state index contributed by atoms with van der Waals surface area (Å²) in [5.41, 5.74) is 0.552. The van der Waals surface area contributed by atoms with Gasteiger partial charge in [0.2, 0.25) is 5.78 Å². The van der Waals surface area contributed by atoms with Crippen molar-refractivity contribution in [3.63, 3.8) is 0 Å². The van der Waals surface area contributed by atoms with Gasteiger partial charge in [-0.2, -0.15) is 0 Å². The largest absolute Gasteiger partial charge is 0.504 e. The number of fused-ring (bicyclic) bond motifs is 3. The Morgan fingerprint density at radius 1 is 1.12 bits per heavy atom. The van der Waals surface area contributed by atoms with Crippen molar-refractivity contribution in [1.82, 2.24) is 0 Å². The molecule has 2 N–H and O–H groups in total. The minimum absolute atomic E-state index is 0.0228. The summed E-state index contributed by atoms with van der Waals surface area (Å²) in [7, 11) is 0. The van der Waals surface area contributed by atoms with Gasteiger partial charge in [0, 0.05) is 22.5 Å². The van der Waals surface area contributed by atoms with Gasteiger partial charge in [0.25, 0.3) is 0 Å². The van der Waals surface area contributed by atoms with Crippen LogP contribution in [0, 0.1) is 22.7 Å². The Morgan fingerprint density at radius 3 is 2.33 bits per heavy atom. The number of hydrogen-bond donors (Lipinski definition) is 2. The van der Waals surface area contributed by atoms with E-state index in [1.807, 2.05) is 34.6 Å². The monoisotopic (exact) mass is 330 g/mol. The Labute approximate surface area is 142 Å². The number of aliphatic hydroxyl groups excluding tert-OH is 2. The van der Waals surface area contributed by atoms with Gasteiger partial charge < -0.3 is 10.2 Å². The molecule has 24 heavy (non-hydrogen) atoms. The Bertz CT molecular complexity index is 720. The third kappa shape index (κ3) is 2.23. The van der Waals surface area contributed by atoms with Crippen LogP contribution < -0.4 is 0 Å². The molecule has 0 saturated heterocycles. The fourth-order valence-corrected chi connectivity index (χ4v) is 5.28. The zero-order valence-electron chi connectivity index (χ0n) is 15.0. The number of rotatable bonds is 1. The van der Waals surface area contributed by atoms with Crippen LogP contribution in [0.1, 0.15) is 47.5 Å². The van der Waals surface area contributed by atoms with Crippen LogP contribution in [0.15, 0.2) is 34.6 Å². The number of aliphatic hydroxyl groups is 2. The maximum absolute atomic E-state index is 12.9. The predicted molar refractivity (Wildman–Crippen MR) is 91.3 cm³/mol. The molecule has 3 aliphatic carbocycles. The molecular formula is C20H26O4. The van der Waals surface area contributed by atoms with Crippen LogP contribution in [0.5, 0.6) is 0 Å². The quantitative estimate of drug-likeness (QED) is 0.774. The van der Waals surface area contributed by atoms with Gasteiger partial charge in [-0.25, -0.2) is 0 Å². The van der Waals surface area contributed by atoms with Crippen LogP contribution in [-0.2, 0) is 9.59 Å². The lowest BCUT2D eigenvalue weighted by Gasteiger charge is -2.54. The van der Waals surface area contributed by atoms with Gasteiger partial charge in [-0.1, -0.05) is 34.6 Å². The lowest BCUT2D eigenvalue weighted by molar-refractivity contribution is -0.135. The molecule has 0 spiro atoms. The lowest BCUT2D eigenvalue weighted by atomic mass is 9.48. The van der Waals surface area contributed by atoms with Crippen LogP contribution >= 0.6 is 0 Å². The van der Waals surface area contributed by atoms with Gasteiger partial charge in [-0.15, -0.1) is 0 Å². The molecule has 0 unspecified atom stereocenters. The van der Waals surface area contributed by atoms with Crippen molar-refractivity contribution >= 4 is 11.6 Å². The van der Waals surface area contributed by atoms with E-state index in [9.17, 15) is 19.8 Å². The summed E-state index contributed by atoms with van der Waals surface area (Å²) in [6.45, 7) is 9.65. The molecule has 0 amide bonds. The molecule has 0 heterocycles. The van der Waals surface area contributed by atoms with Gasteiger partial charge in [-0.3, -0.25) is 9.59 Å². The van der Waals surface area contributed by atoms with Gasteiger partial charge in [0.1, 0.15) is 0 Å². The molecule has 1 fully saturated rings. The van der Waals surface area contributed by atoms with Crippen LogP contribution in [0.2, 0.25) is 0 Å². The second-order valence-electron chi connectivity index (χ2n) is 8.71. The molecule has 0 aliphatic heterocycles. The average Bonchev–Trinajstić information content (AvgIpc) is 2.38.